The molecule has 1 unspecified atom stereocenters. The third-order valence-electron chi connectivity index (χ3n) is 3.48. The van der Waals surface area contributed by atoms with E-state index in [0.29, 0.717) is 0 Å². The van der Waals surface area contributed by atoms with E-state index in [9.17, 15) is 5.11 Å². The van der Waals surface area contributed by atoms with Gasteiger partial charge >= 0.3 is 0 Å². The number of hydrogen-bond donors (Lipinski definition) is 1. The third kappa shape index (κ3) is 4.14. The van der Waals surface area contributed by atoms with Crippen molar-refractivity contribution in [2.24, 2.45) is 5.92 Å². The molecule has 1 N–H and O–H groups in total. The maximum Gasteiger partial charge on any atom is 0.0802 e. The van der Waals surface area contributed by atoms with E-state index in [4.69, 9.17) is 0 Å². The summed E-state index contributed by atoms with van der Waals surface area (Å²) in [5.41, 5.74) is 2.26. The second kappa shape index (κ2) is 5.65. The maximum absolute atomic E-state index is 10.1. The number of hydrogen-bond acceptors (Lipinski definition) is 2. The van der Waals surface area contributed by atoms with Crippen LogP contribution in [0.1, 0.15) is 36.5 Å². The first kappa shape index (κ1) is 12.6. The first-order valence-corrected chi connectivity index (χ1v) is 6.58. The van der Waals surface area contributed by atoms with Crippen molar-refractivity contribution in [2.75, 3.05) is 20.1 Å². The number of aliphatic hydroxyl groups is 1. The Bertz CT molecular complexity index is 360. The van der Waals surface area contributed by atoms with Crippen molar-refractivity contribution < 1.29 is 5.11 Å². The fourth-order valence-electron chi connectivity index (χ4n) is 2.22. The summed E-state index contributed by atoms with van der Waals surface area (Å²) in [7, 11) is 2.15. The molecule has 0 bridgehead atoms. The van der Waals surface area contributed by atoms with Crippen LogP contribution in [0.2, 0.25) is 0 Å². The normalized spacial score (nSPS) is 17.4. The van der Waals surface area contributed by atoms with Gasteiger partial charge < -0.3 is 10.0 Å². The van der Waals surface area contributed by atoms with E-state index in [0.717, 1.165) is 24.4 Å². The minimum atomic E-state index is -0.323. The fraction of sp³-hybridized carbons (Fsp3) is 0.600. The van der Waals surface area contributed by atoms with Crippen LogP contribution < -0.4 is 0 Å². The molecule has 0 amide bonds. The first-order chi connectivity index (χ1) is 8.15. The molecule has 0 radical (unpaired) electrons. The fourth-order valence-corrected chi connectivity index (χ4v) is 2.22. The zero-order valence-electron chi connectivity index (χ0n) is 10.9. The highest BCUT2D eigenvalue weighted by Gasteiger charge is 2.22. The van der Waals surface area contributed by atoms with Crippen LogP contribution in [0.25, 0.3) is 0 Å². The Morgan fingerprint density at radius 2 is 2.18 bits per heavy atom. The van der Waals surface area contributed by atoms with Gasteiger partial charge in [-0.1, -0.05) is 29.8 Å². The van der Waals surface area contributed by atoms with Crippen molar-refractivity contribution >= 4 is 0 Å². The van der Waals surface area contributed by atoms with Gasteiger partial charge in [0.25, 0.3) is 0 Å². The summed E-state index contributed by atoms with van der Waals surface area (Å²) in [5.74, 6) is 0.927. The van der Waals surface area contributed by atoms with E-state index in [1.807, 2.05) is 12.1 Å². The number of aliphatic hydroxyl groups excluding tert-OH is 1. The second-order valence-electron chi connectivity index (χ2n) is 5.42. The lowest BCUT2D eigenvalue weighted by Gasteiger charge is -2.19. The zero-order valence-corrected chi connectivity index (χ0v) is 10.9. The van der Waals surface area contributed by atoms with Crippen molar-refractivity contribution in [3.05, 3.63) is 35.4 Å². The molecule has 2 rings (SSSR count). The second-order valence-corrected chi connectivity index (χ2v) is 5.42. The molecule has 0 saturated heterocycles. The molecule has 1 saturated carbocycles. The number of aryl methyl sites for hydroxylation is 1. The molecule has 17 heavy (non-hydrogen) atoms. The molecule has 0 heterocycles. The lowest BCUT2D eigenvalue weighted by atomic mass is 10.0. The average Bonchev–Trinajstić information content (AvgIpc) is 3.10. The zero-order chi connectivity index (χ0) is 12.3. The summed E-state index contributed by atoms with van der Waals surface area (Å²) in [5, 5.41) is 10.1. The third-order valence-corrected chi connectivity index (χ3v) is 3.48. The molecular weight excluding hydrogens is 210 g/mol. The topological polar surface area (TPSA) is 23.5 Å². The van der Waals surface area contributed by atoms with Crippen molar-refractivity contribution in [1.29, 1.82) is 0 Å². The predicted molar refractivity (Wildman–Crippen MR) is 71.0 cm³/mol. The molecule has 1 aromatic rings. The summed E-state index contributed by atoms with van der Waals surface area (Å²) < 4.78 is 0. The van der Waals surface area contributed by atoms with Crippen LogP contribution in [-0.4, -0.2) is 30.1 Å². The highest BCUT2D eigenvalue weighted by atomic mass is 16.3. The van der Waals surface area contributed by atoms with Gasteiger partial charge in [-0.3, -0.25) is 0 Å². The van der Waals surface area contributed by atoms with Gasteiger partial charge in [-0.25, -0.2) is 0 Å². The molecule has 2 heteroatoms. The largest absolute Gasteiger partial charge is 0.388 e. The van der Waals surface area contributed by atoms with Gasteiger partial charge in [0.2, 0.25) is 0 Å². The van der Waals surface area contributed by atoms with Gasteiger partial charge in [-0.15, -0.1) is 0 Å². The van der Waals surface area contributed by atoms with Crippen LogP contribution in [0.3, 0.4) is 0 Å². The SMILES string of the molecule is Cc1cccc(C(O)CCN(C)CC2CC2)c1. The molecule has 94 valence electrons. The van der Waals surface area contributed by atoms with Crippen LogP contribution in [0.5, 0.6) is 0 Å². The highest BCUT2D eigenvalue weighted by Crippen LogP contribution is 2.29. The summed E-state index contributed by atoms with van der Waals surface area (Å²) in [6.45, 7) is 4.24. The Kier molecular flexibility index (Phi) is 4.19. The summed E-state index contributed by atoms with van der Waals surface area (Å²) >= 11 is 0. The molecule has 1 aromatic carbocycles. The number of rotatable bonds is 6. The lowest BCUT2D eigenvalue weighted by molar-refractivity contribution is 0.148. The van der Waals surface area contributed by atoms with Crippen LogP contribution in [0.4, 0.5) is 0 Å². The van der Waals surface area contributed by atoms with E-state index in [1.54, 1.807) is 0 Å². The quantitative estimate of drug-likeness (QED) is 0.816. The minimum Gasteiger partial charge on any atom is -0.388 e. The molecule has 1 fully saturated rings. The molecule has 2 nitrogen and oxygen atoms in total. The van der Waals surface area contributed by atoms with Crippen molar-refractivity contribution in [3.63, 3.8) is 0 Å². The van der Waals surface area contributed by atoms with Gasteiger partial charge in [0.15, 0.2) is 0 Å². The molecule has 1 aliphatic carbocycles. The van der Waals surface area contributed by atoms with Crippen LogP contribution >= 0.6 is 0 Å². The van der Waals surface area contributed by atoms with Gasteiger partial charge in [0.05, 0.1) is 6.10 Å². The Morgan fingerprint density at radius 1 is 1.41 bits per heavy atom. The van der Waals surface area contributed by atoms with Gasteiger partial charge in [-0.2, -0.15) is 0 Å². The van der Waals surface area contributed by atoms with Crippen molar-refractivity contribution in [2.45, 2.75) is 32.3 Å². The van der Waals surface area contributed by atoms with Gasteiger partial charge in [-0.05, 0) is 44.7 Å². The summed E-state index contributed by atoms with van der Waals surface area (Å²) in [4.78, 5) is 2.34. The van der Waals surface area contributed by atoms with E-state index in [2.05, 4.69) is 31.0 Å². The first-order valence-electron chi connectivity index (χ1n) is 6.58. The van der Waals surface area contributed by atoms with Crippen LogP contribution in [0.15, 0.2) is 24.3 Å². The number of nitrogens with zero attached hydrogens (tertiary/aromatic N) is 1. The van der Waals surface area contributed by atoms with Gasteiger partial charge in [0.1, 0.15) is 0 Å². The maximum atomic E-state index is 10.1. The van der Waals surface area contributed by atoms with E-state index < -0.39 is 0 Å². The Hall–Kier alpha value is -0.860. The van der Waals surface area contributed by atoms with Crippen LogP contribution in [0, 0.1) is 12.8 Å². The van der Waals surface area contributed by atoms with Crippen molar-refractivity contribution in [3.8, 4) is 0 Å². The predicted octanol–water partition coefficient (Wildman–Crippen LogP) is 2.76. The molecule has 0 aliphatic heterocycles. The standard InChI is InChI=1S/C15H23NO/c1-12-4-3-5-14(10-12)15(17)8-9-16(2)11-13-6-7-13/h3-5,10,13,15,17H,6-9,11H2,1-2H3. The molecule has 0 spiro atoms. The van der Waals surface area contributed by atoms with E-state index in [1.165, 1.54) is 24.9 Å². The Morgan fingerprint density at radius 3 is 2.82 bits per heavy atom. The number of benzene rings is 1. The monoisotopic (exact) mass is 233 g/mol. The molecular formula is C15H23NO. The Balaban J connectivity index is 1.77. The smallest absolute Gasteiger partial charge is 0.0802 e. The average molecular weight is 233 g/mol. The van der Waals surface area contributed by atoms with Crippen molar-refractivity contribution in [1.82, 2.24) is 4.90 Å². The summed E-state index contributed by atoms with van der Waals surface area (Å²) in [6.07, 6.45) is 3.29. The molecule has 1 atom stereocenters. The lowest BCUT2D eigenvalue weighted by Crippen LogP contribution is -2.23. The van der Waals surface area contributed by atoms with Gasteiger partial charge in [0, 0.05) is 13.1 Å². The minimum absolute atomic E-state index is 0.323. The molecule has 0 aromatic heterocycles. The Labute approximate surface area is 104 Å². The highest BCUT2D eigenvalue weighted by molar-refractivity contribution is 5.23. The van der Waals surface area contributed by atoms with E-state index in [-0.39, 0.29) is 6.10 Å². The summed E-state index contributed by atoms with van der Waals surface area (Å²) in [6, 6.07) is 8.17. The molecule has 1 aliphatic rings. The van der Waals surface area contributed by atoms with Crippen LogP contribution in [-0.2, 0) is 0 Å². The van der Waals surface area contributed by atoms with E-state index >= 15 is 0 Å².